The summed E-state index contributed by atoms with van der Waals surface area (Å²) in [6, 6.07) is 7.56. The van der Waals surface area contributed by atoms with Crippen LogP contribution in [0.3, 0.4) is 0 Å². The van der Waals surface area contributed by atoms with E-state index in [4.69, 9.17) is 9.47 Å². The molecular formula is C16H25ClN2O3. The van der Waals surface area contributed by atoms with E-state index in [1.807, 2.05) is 43.0 Å². The summed E-state index contributed by atoms with van der Waals surface area (Å²) in [6.07, 6.45) is -0.0869. The SMILES string of the molecule is CCN(Cc1ccc(OC)cc1)C(=O)[C@H]1NCCO[C@@H]1C.Cl. The van der Waals surface area contributed by atoms with Gasteiger partial charge in [0.15, 0.2) is 0 Å². The third-order valence-corrected chi connectivity index (χ3v) is 3.81. The van der Waals surface area contributed by atoms with Crippen LogP contribution in [0.25, 0.3) is 0 Å². The first-order valence-electron chi connectivity index (χ1n) is 7.42. The number of morpholine rings is 1. The van der Waals surface area contributed by atoms with Gasteiger partial charge in [-0.3, -0.25) is 4.79 Å². The van der Waals surface area contributed by atoms with Gasteiger partial charge in [-0.25, -0.2) is 0 Å². The number of methoxy groups -OCH3 is 1. The Balaban J connectivity index is 0.00000242. The molecule has 0 unspecified atom stereocenters. The van der Waals surface area contributed by atoms with Gasteiger partial charge in [-0.05, 0) is 31.5 Å². The third-order valence-electron chi connectivity index (χ3n) is 3.81. The highest BCUT2D eigenvalue weighted by molar-refractivity contribution is 5.85. The van der Waals surface area contributed by atoms with Gasteiger partial charge in [0, 0.05) is 19.6 Å². The number of ether oxygens (including phenoxy) is 2. The van der Waals surface area contributed by atoms with Crippen LogP contribution in [0.15, 0.2) is 24.3 Å². The largest absolute Gasteiger partial charge is 0.497 e. The maximum Gasteiger partial charge on any atom is 0.242 e. The van der Waals surface area contributed by atoms with Gasteiger partial charge in [0.25, 0.3) is 0 Å². The van der Waals surface area contributed by atoms with Crippen molar-refractivity contribution in [2.24, 2.45) is 0 Å². The van der Waals surface area contributed by atoms with E-state index in [1.54, 1.807) is 7.11 Å². The van der Waals surface area contributed by atoms with Gasteiger partial charge in [-0.15, -0.1) is 12.4 Å². The number of carbonyl (C=O) groups is 1. The molecular weight excluding hydrogens is 304 g/mol. The third kappa shape index (κ3) is 4.60. The molecule has 0 aliphatic carbocycles. The summed E-state index contributed by atoms with van der Waals surface area (Å²) in [5.41, 5.74) is 1.09. The average molecular weight is 329 g/mol. The van der Waals surface area contributed by atoms with Gasteiger partial charge in [0.1, 0.15) is 11.8 Å². The van der Waals surface area contributed by atoms with Crippen LogP contribution in [0, 0.1) is 0 Å². The molecule has 0 bridgehead atoms. The lowest BCUT2D eigenvalue weighted by Gasteiger charge is -2.33. The number of halogens is 1. The predicted octanol–water partition coefficient (Wildman–Crippen LogP) is 1.84. The molecule has 5 nitrogen and oxygen atoms in total. The second-order valence-electron chi connectivity index (χ2n) is 5.21. The Bertz CT molecular complexity index is 467. The molecule has 1 aliphatic heterocycles. The smallest absolute Gasteiger partial charge is 0.242 e. The van der Waals surface area contributed by atoms with Crippen LogP contribution in [-0.4, -0.2) is 49.8 Å². The molecule has 1 aliphatic rings. The summed E-state index contributed by atoms with van der Waals surface area (Å²) in [7, 11) is 1.65. The molecule has 22 heavy (non-hydrogen) atoms. The zero-order chi connectivity index (χ0) is 15.2. The number of hydrogen-bond acceptors (Lipinski definition) is 4. The topological polar surface area (TPSA) is 50.8 Å². The molecule has 2 atom stereocenters. The Morgan fingerprint density at radius 3 is 2.64 bits per heavy atom. The first-order valence-corrected chi connectivity index (χ1v) is 7.42. The van der Waals surface area contributed by atoms with Crippen molar-refractivity contribution in [2.75, 3.05) is 26.8 Å². The molecule has 1 aromatic carbocycles. The van der Waals surface area contributed by atoms with Crippen LogP contribution >= 0.6 is 12.4 Å². The van der Waals surface area contributed by atoms with Crippen LogP contribution in [0.2, 0.25) is 0 Å². The summed E-state index contributed by atoms with van der Waals surface area (Å²) in [5.74, 6) is 0.921. The second kappa shape index (κ2) is 8.98. The predicted molar refractivity (Wildman–Crippen MR) is 88.5 cm³/mol. The number of carbonyl (C=O) groups excluding carboxylic acids is 1. The number of nitrogens with one attached hydrogen (secondary N) is 1. The van der Waals surface area contributed by atoms with Crippen molar-refractivity contribution in [1.29, 1.82) is 0 Å². The van der Waals surface area contributed by atoms with Crippen molar-refractivity contribution >= 4 is 18.3 Å². The highest BCUT2D eigenvalue weighted by Crippen LogP contribution is 2.15. The summed E-state index contributed by atoms with van der Waals surface area (Å²) in [5, 5.41) is 3.25. The van der Waals surface area contributed by atoms with Crippen molar-refractivity contribution in [3.63, 3.8) is 0 Å². The molecule has 124 valence electrons. The minimum absolute atomic E-state index is 0. The van der Waals surface area contributed by atoms with Crippen LogP contribution in [0.1, 0.15) is 19.4 Å². The summed E-state index contributed by atoms with van der Waals surface area (Å²) >= 11 is 0. The van der Waals surface area contributed by atoms with Gasteiger partial charge < -0.3 is 19.7 Å². The van der Waals surface area contributed by atoms with Crippen LogP contribution < -0.4 is 10.1 Å². The molecule has 1 amide bonds. The van der Waals surface area contributed by atoms with Crippen LogP contribution in [0.4, 0.5) is 0 Å². The Labute approximate surface area is 138 Å². The van der Waals surface area contributed by atoms with Crippen molar-refractivity contribution in [3.05, 3.63) is 29.8 Å². The summed E-state index contributed by atoms with van der Waals surface area (Å²) in [4.78, 5) is 14.5. The first kappa shape index (κ1) is 18.7. The minimum atomic E-state index is -0.253. The lowest BCUT2D eigenvalue weighted by molar-refractivity contribution is -0.139. The van der Waals surface area contributed by atoms with Gasteiger partial charge in [0.2, 0.25) is 5.91 Å². The Morgan fingerprint density at radius 1 is 1.41 bits per heavy atom. The standard InChI is InChI=1S/C16H24N2O3.ClH/c1-4-18(11-13-5-7-14(20-3)8-6-13)16(19)15-12(2)21-10-9-17-15;/h5-8,12,15,17H,4,9-11H2,1-3H3;1H/t12-,15+;/m1./s1. The second-order valence-corrected chi connectivity index (χ2v) is 5.21. The molecule has 1 aromatic rings. The van der Waals surface area contributed by atoms with E-state index in [0.29, 0.717) is 19.7 Å². The van der Waals surface area contributed by atoms with Crippen molar-refractivity contribution in [1.82, 2.24) is 10.2 Å². The average Bonchev–Trinajstić information content (AvgIpc) is 2.53. The van der Waals surface area contributed by atoms with Crippen molar-refractivity contribution < 1.29 is 14.3 Å². The molecule has 1 N–H and O–H groups in total. The van der Waals surface area contributed by atoms with E-state index < -0.39 is 0 Å². The molecule has 0 spiro atoms. The maximum absolute atomic E-state index is 12.6. The number of likely N-dealkylation sites (N-methyl/N-ethyl adjacent to an activating group) is 1. The zero-order valence-corrected chi connectivity index (χ0v) is 14.2. The number of hydrogen-bond donors (Lipinski definition) is 1. The maximum atomic E-state index is 12.6. The Kier molecular flexibility index (Phi) is 7.65. The number of nitrogens with zero attached hydrogens (tertiary/aromatic N) is 1. The lowest BCUT2D eigenvalue weighted by Crippen LogP contribution is -2.56. The fourth-order valence-corrected chi connectivity index (χ4v) is 2.50. The molecule has 1 heterocycles. The van der Waals surface area contributed by atoms with E-state index in [2.05, 4.69) is 5.32 Å². The van der Waals surface area contributed by atoms with Crippen LogP contribution in [0.5, 0.6) is 5.75 Å². The summed E-state index contributed by atoms with van der Waals surface area (Å²) < 4.78 is 10.7. The number of benzene rings is 1. The summed E-state index contributed by atoms with van der Waals surface area (Å²) in [6.45, 7) is 6.60. The molecule has 0 radical (unpaired) electrons. The zero-order valence-electron chi connectivity index (χ0n) is 13.4. The quantitative estimate of drug-likeness (QED) is 0.896. The van der Waals surface area contributed by atoms with Gasteiger partial charge in [0.05, 0.1) is 19.8 Å². The van der Waals surface area contributed by atoms with Crippen LogP contribution in [-0.2, 0) is 16.1 Å². The van der Waals surface area contributed by atoms with E-state index in [0.717, 1.165) is 17.9 Å². The lowest BCUT2D eigenvalue weighted by atomic mass is 10.1. The minimum Gasteiger partial charge on any atom is -0.497 e. The van der Waals surface area contributed by atoms with Crippen molar-refractivity contribution in [3.8, 4) is 5.75 Å². The Morgan fingerprint density at radius 2 is 2.09 bits per heavy atom. The fourth-order valence-electron chi connectivity index (χ4n) is 2.50. The van der Waals surface area contributed by atoms with E-state index in [9.17, 15) is 4.79 Å². The van der Waals surface area contributed by atoms with Gasteiger partial charge in [-0.1, -0.05) is 12.1 Å². The fraction of sp³-hybridized carbons (Fsp3) is 0.562. The highest BCUT2D eigenvalue weighted by Gasteiger charge is 2.31. The number of amides is 1. The molecule has 0 saturated carbocycles. The molecule has 0 aromatic heterocycles. The number of rotatable bonds is 5. The monoisotopic (exact) mass is 328 g/mol. The highest BCUT2D eigenvalue weighted by atomic mass is 35.5. The van der Waals surface area contributed by atoms with Gasteiger partial charge >= 0.3 is 0 Å². The van der Waals surface area contributed by atoms with E-state index in [1.165, 1.54) is 0 Å². The normalized spacial score (nSPS) is 20.9. The van der Waals surface area contributed by atoms with Gasteiger partial charge in [-0.2, -0.15) is 0 Å². The van der Waals surface area contributed by atoms with E-state index >= 15 is 0 Å². The molecule has 2 rings (SSSR count). The molecule has 1 fully saturated rings. The van der Waals surface area contributed by atoms with Crippen molar-refractivity contribution in [2.45, 2.75) is 32.5 Å². The Hall–Kier alpha value is -1.30. The molecule has 1 saturated heterocycles. The molecule has 6 heteroatoms. The first-order chi connectivity index (χ1) is 10.2. The van der Waals surface area contributed by atoms with E-state index in [-0.39, 0.29) is 30.5 Å².